The van der Waals surface area contributed by atoms with Gasteiger partial charge in [-0.3, -0.25) is 24.1 Å². The Kier molecular flexibility index (Phi) is 21.7. The van der Waals surface area contributed by atoms with Gasteiger partial charge in [-0.15, -0.1) is 0 Å². The summed E-state index contributed by atoms with van der Waals surface area (Å²) >= 11 is 0. The maximum absolute atomic E-state index is 14.7. The number of pyridine rings is 1. The second-order valence-electron chi connectivity index (χ2n) is 19.7. The molecule has 0 aliphatic carbocycles. The minimum Gasteiger partial charge on any atom is -0.448 e. The number of aromatic nitrogens is 3. The molecule has 4 N–H and O–H groups in total. The molecular weight excluding hydrogens is 921 g/mol. The number of aliphatic hydroxyl groups is 1. The molecule has 69 heavy (non-hydrogen) atoms. The highest BCUT2D eigenvalue weighted by atomic mass is 33.1. The fourth-order valence-electron chi connectivity index (χ4n) is 9.07. The number of fused-ring (bicyclic) bond motifs is 1. The number of hydrogen-bond acceptors (Lipinski definition) is 13. The fraction of sp³-hybridized carbons (Fsp3) is 0.660. The molecule has 1 aliphatic rings. The molecule has 5 amide bonds. The van der Waals surface area contributed by atoms with Gasteiger partial charge in [-0.05, 0) is 79.9 Å². The van der Waals surface area contributed by atoms with E-state index in [-0.39, 0.29) is 48.5 Å². The number of likely N-dealkylation sites (tertiary alicyclic amines) is 1. The Bertz CT molecular complexity index is 2110. The highest BCUT2D eigenvalue weighted by molar-refractivity contribution is 8.77. The number of methoxy groups -OCH3 is 2. The van der Waals surface area contributed by atoms with Crippen LogP contribution in [0, 0.1) is 23.7 Å². The third-order valence-corrected chi connectivity index (χ3v) is 16.3. The Morgan fingerprint density at radius 2 is 1.61 bits per heavy atom. The van der Waals surface area contributed by atoms with Crippen LogP contribution in [0.2, 0.25) is 0 Å². The van der Waals surface area contributed by atoms with Crippen LogP contribution < -0.4 is 10.6 Å². The van der Waals surface area contributed by atoms with Crippen molar-refractivity contribution in [2.45, 2.75) is 153 Å². The van der Waals surface area contributed by atoms with Gasteiger partial charge in [0.2, 0.25) is 23.6 Å². The lowest BCUT2D eigenvalue weighted by molar-refractivity contribution is -0.148. The Balaban J connectivity index is 1.42. The second kappa shape index (κ2) is 26.1. The summed E-state index contributed by atoms with van der Waals surface area (Å²) in [5.74, 6) is -2.76. The molecule has 0 bridgehead atoms. The second-order valence-corrected chi connectivity index (χ2v) is 22.5. The fourth-order valence-corrected chi connectivity index (χ4v) is 11.0. The molecule has 0 spiro atoms. The first-order valence-corrected chi connectivity index (χ1v) is 26.2. The lowest BCUT2D eigenvalue weighted by Gasteiger charge is -2.41. The summed E-state index contributed by atoms with van der Waals surface area (Å²) in [7, 11) is 9.18. The van der Waals surface area contributed by atoms with Crippen LogP contribution in [-0.2, 0) is 33.4 Å². The molecule has 0 unspecified atom stereocenters. The van der Waals surface area contributed by atoms with Crippen LogP contribution in [0.3, 0.4) is 0 Å². The van der Waals surface area contributed by atoms with Crippen molar-refractivity contribution in [3.63, 3.8) is 0 Å². The van der Waals surface area contributed by atoms with Crippen LogP contribution >= 0.6 is 21.6 Å². The monoisotopic (exact) mass is 999 g/mol. The number of nitrogens with one attached hydrogen (secondary N) is 3. The van der Waals surface area contributed by atoms with Crippen molar-refractivity contribution in [2.24, 2.45) is 23.7 Å². The summed E-state index contributed by atoms with van der Waals surface area (Å²) in [5, 5.41) is 17.5. The summed E-state index contributed by atoms with van der Waals surface area (Å²) in [6.07, 6.45) is 0.751. The maximum atomic E-state index is 14.7. The van der Waals surface area contributed by atoms with E-state index in [1.54, 1.807) is 36.9 Å². The Morgan fingerprint density at radius 3 is 2.20 bits per heavy atom. The number of imidazole rings is 1. The van der Waals surface area contributed by atoms with Crippen LogP contribution in [0.15, 0.2) is 53.8 Å². The summed E-state index contributed by atoms with van der Waals surface area (Å²) in [5.41, 5.74) is 2.13. The first-order chi connectivity index (χ1) is 32.6. The van der Waals surface area contributed by atoms with Crippen molar-refractivity contribution in [1.29, 1.82) is 0 Å². The van der Waals surface area contributed by atoms with Crippen molar-refractivity contribution in [1.82, 2.24) is 40.3 Å². The smallest absolute Gasteiger partial charge is 0.410 e. The van der Waals surface area contributed by atoms with E-state index in [9.17, 15) is 29.1 Å². The number of H-pyrrole nitrogens is 1. The highest BCUT2D eigenvalue weighted by Crippen LogP contribution is 2.40. The molecule has 3 heterocycles. The van der Waals surface area contributed by atoms with E-state index in [0.29, 0.717) is 35.8 Å². The van der Waals surface area contributed by atoms with E-state index in [1.165, 1.54) is 47.8 Å². The highest BCUT2D eigenvalue weighted by Gasteiger charge is 2.44. The van der Waals surface area contributed by atoms with Crippen molar-refractivity contribution in [3.8, 4) is 0 Å². The van der Waals surface area contributed by atoms with E-state index >= 15 is 0 Å². The van der Waals surface area contributed by atoms with E-state index in [2.05, 4.69) is 25.6 Å². The number of carbonyl (C=O) groups is 5. The zero-order chi connectivity index (χ0) is 51.3. The van der Waals surface area contributed by atoms with Gasteiger partial charge in [-0.1, -0.05) is 96.0 Å². The number of hydrogen-bond donors (Lipinski definition) is 4. The van der Waals surface area contributed by atoms with E-state index in [0.717, 1.165) is 11.9 Å². The van der Waals surface area contributed by atoms with Gasteiger partial charge in [-0.25, -0.2) is 14.8 Å². The average molecular weight is 999 g/mol. The van der Waals surface area contributed by atoms with Gasteiger partial charge in [0, 0.05) is 41.1 Å². The van der Waals surface area contributed by atoms with Crippen LogP contribution in [0.1, 0.15) is 107 Å². The molecule has 0 saturated carbocycles. The summed E-state index contributed by atoms with van der Waals surface area (Å²) in [4.78, 5) is 87.1. The number of carbonyl (C=O) groups excluding carboxylic acids is 5. The summed E-state index contributed by atoms with van der Waals surface area (Å²) in [6, 6.07) is 9.43. The normalized spacial score (nSPS) is 18.2. The van der Waals surface area contributed by atoms with Gasteiger partial charge >= 0.3 is 6.09 Å². The molecule has 1 aromatic carbocycles. The van der Waals surface area contributed by atoms with Crippen molar-refractivity contribution in [2.75, 3.05) is 41.5 Å². The Labute approximate surface area is 417 Å². The Hall–Kier alpha value is -4.43. The molecule has 3 aromatic rings. The Morgan fingerprint density at radius 1 is 0.928 bits per heavy atom. The lowest BCUT2D eigenvalue weighted by Crippen LogP contribution is -2.60. The van der Waals surface area contributed by atoms with E-state index in [1.807, 2.05) is 97.9 Å². The van der Waals surface area contributed by atoms with Gasteiger partial charge in [0.25, 0.3) is 0 Å². The SMILES string of the molecule is CC[C@H](C)[C@@H]([C@@H](CC(=O)N1CCC[C@H]1[C@H](OC)[C@@H](C)C(=O)N[C@H](C)[C@@H](O)c1ccccc1)OC)N(C)C(=O)[C@@H](NC(=O)[C@H](C(C)C)N(C)C(=O)OCC(C)(C)SSc1nc2ncccc2[nH]1)C(C)C. The first kappa shape index (κ1) is 57.2. The van der Waals surface area contributed by atoms with Gasteiger partial charge in [0.05, 0.1) is 59.0 Å². The third-order valence-electron chi connectivity index (χ3n) is 13.2. The average Bonchev–Trinajstić information content (AvgIpc) is 3.99. The molecule has 1 aliphatic heterocycles. The summed E-state index contributed by atoms with van der Waals surface area (Å²) in [6.45, 7) is 19.3. The molecule has 2 aromatic heterocycles. The first-order valence-electron chi connectivity index (χ1n) is 24.1. The number of amides is 5. The van der Waals surface area contributed by atoms with Crippen molar-refractivity contribution >= 4 is 62.5 Å². The number of benzene rings is 1. The van der Waals surface area contributed by atoms with Crippen molar-refractivity contribution in [3.05, 3.63) is 54.2 Å². The molecule has 19 heteroatoms. The van der Waals surface area contributed by atoms with Crippen LogP contribution in [-0.4, -0.2) is 153 Å². The van der Waals surface area contributed by atoms with Gasteiger partial charge in [0.15, 0.2) is 10.8 Å². The molecule has 1 fully saturated rings. The van der Waals surface area contributed by atoms with E-state index in [4.69, 9.17) is 14.2 Å². The number of likely N-dealkylation sites (N-methyl/N-ethyl adjacent to an activating group) is 2. The predicted octanol–water partition coefficient (Wildman–Crippen LogP) is 6.87. The molecule has 4 rings (SSSR count). The molecule has 1 saturated heterocycles. The third kappa shape index (κ3) is 15.0. The van der Waals surface area contributed by atoms with Crippen molar-refractivity contribution < 1.29 is 43.3 Å². The zero-order valence-electron chi connectivity index (χ0n) is 43.1. The van der Waals surface area contributed by atoms with Crippen LogP contribution in [0.5, 0.6) is 0 Å². The number of rotatable bonds is 25. The number of ether oxygens (including phenoxy) is 3. The molecule has 10 atom stereocenters. The zero-order valence-corrected chi connectivity index (χ0v) is 44.7. The molecule has 384 valence electrons. The van der Waals surface area contributed by atoms with E-state index < -0.39 is 71.2 Å². The lowest BCUT2D eigenvalue weighted by atomic mass is 9.89. The minimum absolute atomic E-state index is 0.0383. The summed E-state index contributed by atoms with van der Waals surface area (Å²) < 4.78 is 17.3. The maximum Gasteiger partial charge on any atom is 0.410 e. The van der Waals surface area contributed by atoms with Gasteiger partial charge in [0.1, 0.15) is 18.7 Å². The standard InChI is InChI=1S/C50H78N8O9S2/c1-15-31(6)41(37(65-13)27-38(59)58-26-20-24-36(58)43(66-14)32(7)45(61)52-33(8)42(60)34-21-17-16-18-22-34)56(11)47(63)39(29(2)3)54-46(62)40(30(4)5)57(12)49(64)67-28-50(9,10)69-68-48-53-35-23-19-25-51-44(35)55-48/h16-19,21-23,25,29-33,36-37,39-43,60H,15,20,24,26-28H2,1-14H3,(H,52,61)(H,54,62)(H,51,53,55)/t31-,32+,33+,36-,37+,39-,40-,41-,42+,43+/m0/s1. The largest absolute Gasteiger partial charge is 0.448 e. The van der Waals surface area contributed by atoms with Gasteiger partial charge < -0.3 is 44.7 Å². The quantitative estimate of drug-likeness (QED) is 0.0640. The van der Waals surface area contributed by atoms with Crippen LogP contribution in [0.4, 0.5) is 4.79 Å². The predicted molar refractivity (Wildman–Crippen MR) is 271 cm³/mol. The van der Waals surface area contributed by atoms with Crippen LogP contribution in [0.25, 0.3) is 11.2 Å². The topological polar surface area (TPSA) is 209 Å². The molecular formula is C50H78N8O9S2. The molecule has 0 radical (unpaired) electrons. The number of aliphatic hydroxyl groups excluding tert-OH is 1. The molecule has 17 nitrogen and oxygen atoms in total. The minimum atomic E-state index is -0.969. The number of aromatic amines is 1. The van der Waals surface area contributed by atoms with Gasteiger partial charge in [-0.2, -0.15) is 0 Å². The number of nitrogens with zero attached hydrogens (tertiary/aromatic N) is 5.